The van der Waals surface area contributed by atoms with Crippen molar-refractivity contribution in [2.75, 3.05) is 6.61 Å². The fraction of sp³-hybridized carbons (Fsp3) is 0.818. The second kappa shape index (κ2) is 48.8. The van der Waals surface area contributed by atoms with Crippen molar-refractivity contribution in [1.29, 1.82) is 0 Å². The second-order valence-corrected chi connectivity index (χ2v) is 17.9. The molecule has 61 heavy (non-hydrogen) atoms. The Kier molecular flexibility index (Phi) is 47.1. The molecule has 0 aromatic carbocycles. The molecule has 0 fully saturated rings. The predicted molar refractivity (Wildman–Crippen MR) is 264 cm³/mol. The Morgan fingerprint density at radius 3 is 1.31 bits per heavy atom. The molecule has 356 valence electrons. The summed E-state index contributed by atoms with van der Waals surface area (Å²) in [4.78, 5) is 26.1. The standard InChI is InChI=1S/C55H101NO5/c1-4-7-10-13-16-19-22-25-26-27-28-30-31-34-37-40-43-46-51(61-55(60)48-45-42-39-36-33-24-21-18-15-12-9-6-3)49-54(59)56-52(50-57)53(58)47-44-41-38-35-32-29-23-20-17-14-11-8-5-2/h16,18-19,21,25-26,28,30,51-53,57-58H,4-15,17,20,22-24,27,29,31-50H2,1-3H3,(H,56,59)/b19-16-,21-18-,26-25-,30-28-. The maximum Gasteiger partial charge on any atom is 0.306 e. The van der Waals surface area contributed by atoms with Crippen molar-refractivity contribution in [3.05, 3.63) is 48.6 Å². The lowest BCUT2D eigenvalue weighted by Gasteiger charge is -2.24. The number of hydrogen-bond acceptors (Lipinski definition) is 5. The molecule has 3 atom stereocenters. The lowest BCUT2D eigenvalue weighted by atomic mass is 10.0. The number of aliphatic hydroxyl groups excluding tert-OH is 2. The lowest BCUT2D eigenvalue weighted by molar-refractivity contribution is -0.151. The molecule has 0 aliphatic heterocycles. The van der Waals surface area contributed by atoms with Gasteiger partial charge in [0, 0.05) is 6.42 Å². The van der Waals surface area contributed by atoms with Crippen LogP contribution in [0.3, 0.4) is 0 Å². The predicted octanol–water partition coefficient (Wildman–Crippen LogP) is 15.8. The van der Waals surface area contributed by atoms with Gasteiger partial charge in [0.2, 0.25) is 5.91 Å². The normalized spacial score (nSPS) is 13.6. The van der Waals surface area contributed by atoms with E-state index in [-0.39, 0.29) is 24.9 Å². The Hall–Kier alpha value is -2.18. The number of hydrogen-bond donors (Lipinski definition) is 3. The first kappa shape index (κ1) is 58.8. The highest BCUT2D eigenvalue weighted by atomic mass is 16.5. The summed E-state index contributed by atoms with van der Waals surface area (Å²) < 4.78 is 5.92. The van der Waals surface area contributed by atoms with Crippen molar-refractivity contribution in [2.24, 2.45) is 0 Å². The van der Waals surface area contributed by atoms with Crippen LogP contribution in [0.25, 0.3) is 0 Å². The summed E-state index contributed by atoms with van der Waals surface area (Å²) in [5.41, 5.74) is 0. The summed E-state index contributed by atoms with van der Waals surface area (Å²) in [5.74, 6) is -0.501. The third kappa shape index (κ3) is 44.2. The minimum Gasteiger partial charge on any atom is -0.462 e. The SMILES string of the molecule is CCCCC/C=C\C/C=C\C/C=C\CCCCCCC(CC(=O)NC(CO)C(O)CCCCCCCCCCCCCCC)OC(=O)CCCCCCC/C=C\CCCCC. The summed E-state index contributed by atoms with van der Waals surface area (Å²) in [6, 6.07) is -0.710. The first-order valence-corrected chi connectivity index (χ1v) is 26.4. The molecule has 0 aromatic rings. The van der Waals surface area contributed by atoms with E-state index in [0.717, 1.165) is 89.9 Å². The van der Waals surface area contributed by atoms with Gasteiger partial charge in [0.05, 0.1) is 25.2 Å². The van der Waals surface area contributed by atoms with Crippen molar-refractivity contribution in [3.8, 4) is 0 Å². The van der Waals surface area contributed by atoms with E-state index in [2.05, 4.69) is 74.7 Å². The molecule has 3 N–H and O–H groups in total. The van der Waals surface area contributed by atoms with E-state index in [1.54, 1.807) is 0 Å². The van der Waals surface area contributed by atoms with Gasteiger partial charge in [0.15, 0.2) is 0 Å². The zero-order valence-electron chi connectivity index (χ0n) is 40.5. The van der Waals surface area contributed by atoms with Gasteiger partial charge in [-0.15, -0.1) is 0 Å². The highest BCUT2D eigenvalue weighted by Crippen LogP contribution is 2.17. The number of allylic oxidation sites excluding steroid dienone is 8. The lowest BCUT2D eigenvalue weighted by Crippen LogP contribution is -2.46. The minimum absolute atomic E-state index is 0.0601. The number of esters is 1. The first-order chi connectivity index (χ1) is 30.0. The fourth-order valence-corrected chi connectivity index (χ4v) is 7.84. The van der Waals surface area contributed by atoms with Crippen LogP contribution in [0.5, 0.6) is 0 Å². The Labute approximate surface area is 378 Å². The third-order valence-electron chi connectivity index (χ3n) is 11.9. The van der Waals surface area contributed by atoms with Gasteiger partial charge >= 0.3 is 5.97 Å². The molecule has 6 nitrogen and oxygen atoms in total. The van der Waals surface area contributed by atoms with Gasteiger partial charge in [-0.05, 0) is 89.9 Å². The topological polar surface area (TPSA) is 95.9 Å². The summed E-state index contributed by atoms with van der Waals surface area (Å²) in [6.45, 7) is 6.43. The molecule has 0 bridgehead atoms. The molecule has 0 rings (SSSR count). The number of rotatable bonds is 47. The molecule has 3 unspecified atom stereocenters. The van der Waals surface area contributed by atoms with Gasteiger partial charge in [-0.2, -0.15) is 0 Å². The van der Waals surface area contributed by atoms with Gasteiger partial charge in [0.25, 0.3) is 0 Å². The molecule has 0 spiro atoms. The average Bonchev–Trinajstić information content (AvgIpc) is 3.25. The van der Waals surface area contributed by atoms with Crippen LogP contribution in [0.2, 0.25) is 0 Å². The molecule has 0 aliphatic carbocycles. The summed E-state index contributed by atoms with van der Waals surface area (Å²) in [5, 5.41) is 23.8. The molecule has 0 aromatic heterocycles. The summed E-state index contributed by atoms with van der Waals surface area (Å²) in [6.07, 6.45) is 58.8. The molecule has 1 amide bonds. The van der Waals surface area contributed by atoms with Gasteiger partial charge in [-0.3, -0.25) is 9.59 Å². The molecular weight excluding hydrogens is 755 g/mol. The number of unbranched alkanes of at least 4 members (excludes halogenated alkanes) is 27. The Morgan fingerprint density at radius 2 is 0.836 bits per heavy atom. The smallest absolute Gasteiger partial charge is 0.306 e. The second-order valence-electron chi connectivity index (χ2n) is 17.9. The minimum atomic E-state index is -0.795. The fourth-order valence-electron chi connectivity index (χ4n) is 7.84. The van der Waals surface area contributed by atoms with E-state index >= 15 is 0 Å². The maximum absolute atomic E-state index is 13.2. The van der Waals surface area contributed by atoms with Gasteiger partial charge < -0.3 is 20.3 Å². The van der Waals surface area contributed by atoms with E-state index in [1.807, 2.05) is 0 Å². The van der Waals surface area contributed by atoms with E-state index in [9.17, 15) is 19.8 Å². The van der Waals surface area contributed by atoms with Crippen LogP contribution in [-0.2, 0) is 14.3 Å². The number of carbonyl (C=O) groups is 2. The summed E-state index contributed by atoms with van der Waals surface area (Å²) >= 11 is 0. The zero-order chi connectivity index (χ0) is 44.5. The van der Waals surface area contributed by atoms with Crippen LogP contribution in [0.15, 0.2) is 48.6 Å². The molecule has 6 heteroatoms. The van der Waals surface area contributed by atoms with Gasteiger partial charge in [-0.1, -0.05) is 211 Å². The van der Waals surface area contributed by atoms with Crippen LogP contribution < -0.4 is 5.32 Å². The highest BCUT2D eigenvalue weighted by Gasteiger charge is 2.24. The van der Waals surface area contributed by atoms with Gasteiger partial charge in [0.1, 0.15) is 6.10 Å². The van der Waals surface area contributed by atoms with Crippen molar-refractivity contribution < 1.29 is 24.5 Å². The summed E-state index contributed by atoms with van der Waals surface area (Å²) in [7, 11) is 0. The number of aliphatic hydroxyl groups is 2. The van der Waals surface area contributed by atoms with E-state index in [4.69, 9.17) is 4.74 Å². The average molecular weight is 856 g/mol. The quantitative estimate of drug-likeness (QED) is 0.0322. The van der Waals surface area contributed by atoms with Crippen molar-refractivity contribution in [2.45, 2.75) is 283 Å². The van der Waals surface area contributed by atoms with Crippen molar-refractivity contribution >= 4 is 11.9 Å². The molecule has 0 aliphatic rings. The number of nitrogens with one attached hydrogen (secondary N) is 1. The largest absolute Gasteiger partial charge is 0.462 e. The van der Waals surface area contributed by atoms with E-state index in [1.165, 1.54) is 128 Å². The van der Waals surface area contributed by atoms with Gasteiger partial charge in [-0.25, -0.2) is 0 Å². The third-order valence-corrected chi connectivity index (χ3v) is 11.9. The Morgan fingerprint density at radius 1 is 0.475 bits per heavy atom. The first-order valence-electron chi connectivity index (χ1n) is 26.4. The number of carbonyl (C=O) groups excluding carboxylic acids is 2. The Balaban J connectivity index is 4.63. The Bertz CT molecular complexity index is 1050. The van der Waals surface area contributed by atoms with Crippen molar-refractivity contribution in [3.63, 3.8) is 0 Å². The highest BCUT2D eigenvalue weighted by molar-refractivity contribution is 5.77. The van der Waals surface area contributed by atoms with Crippen LogP contribution in [0.4, 0.5) is 0 Å². The van der Waals surface area contributed by atoms with E-state index in [0.29, 0.717) is 19.3 Å². The van der Waals surface area contributed by atoms with Crippen LogP contribution in [0.1, 0.15) is 265 Å². The van der Waals surface area contributed by atoms with Crippen LogP contribution in [0, 0.1) is 0 Å². The molecular formula is C55H101NO5. The molecule has 0 heterocycles. The number of amides is 1. The zero-order valence-corrected chi connectivity index (χ0v) is 40.5. The molecule has 0 saturated carbocycles. The van der Waals surface area contributed by atoms with E-state index < -0.39 is 18.2 Å². The van der Waals surface area contributed by atoms with Crippen LogP contribution >= 0.6 is 0 Å². The monoisotopic (exact) mass is 856 g/mol. The molecule has 0 radical (unpaired) electrons. The maximum atomic E-state index is 13.2. The molecule has 0 saturated heterocycles. The number of ether oxygens (including phenoxy) is 1. The van der Waals surface area contributed by atoms with Crippen LogP contribution in [-0.4, -0.2) is 46.9 Å². The van der Waals surface area contributed by atoms with Crippen molar-refractivity contribution in [1.82, 2.24) is 5.32 Å².